The maximum absolute atomic E-state index is 12.6. The maximum atomic E-state index is 12.6. The van der Waals surface area contributed by atoms with Gasteiger partial charge in [-0.25, -0.2) is 9.97 Å². The van der Waals surface area contributed by atoms with Crippen molar-refractivity contribution < 1.29 is 17.9 Å². The second-order valence-electron chi connectivity index (χ2n) is 6.28. The van der Waals surface area contributed by atoms with Gasteiger partial charge in [-0.2, -0.15) is 13.2 Å². The second-order valence-corrected chi connectivity index (χ2v) is 6.28. The molecular weight excluding hydrogens is 341 g/mol. The Balaban J connectivity index is 1.76. The van der Waals surface area contributed by atoms with Gasteiger partial charge in [-0.3, -0.25) is 0 Å². The van der Waals surface area contributed by atoms with E-state index in [2.05, 4.69) is 16.9 Å². The van der Waals surface area contributed by atoms with E-state index in [0.29, 0.717) is 23.7 Å². The van der Waals surface area contributed by atoms with Crippen molar-refractivity contribution in [2.24, 2.45) is 0 Å². The Labute approximate surface area is 152 Å². The van der Waals surface area contributed by atoms with Gasteiger partial charge in [-0.05, 0) is 18.6 Å². The van der Waals surface area contributed by atoms with Crippen LogP contribution < -0.4 is 4.74 Å². The number of unbranched alkanes of at least 4 members (excludes halogenated alkanes) is 6. The third-order valence-electron chi connectivity index (χ3n) is 4.13. The Morgan fingerprint density at radius 3 is 2.08 bits per heavy atom. The summed E-state index contributed by atoms with van der Waals surface area (Å²) in [5.74, 6) is 0.437. The fourth-order valence-electron chi connectivity index (χ4n) is 2.61. The summed E-state index contributed by atoms with van der Waals surface area (Å²) in [6.07, 6.45) is 7.16. The van der Waals surface area contributed by atoms with Gasteiger partial charge in [0.1, 0.15) is 0 Å². The number of alkyl halides is 3. The summed E-state index contributed by atoms with van der Waals surface area (Å²) in [5.41, 5.74) is 0.426. The Morgan fingerprint density at radius 1 is 0.846 bits per heavy atom. The molecule has 26 heavy (non-hydrogen) atoms. The van der Waals surface area contributed by atoms with E-state index in [-0.39, 0.29) is 0 Å². The summed E-state index contributed by atoms with van der Waals surface area (Å²) in [6, 6.07) is 4.88. The van der Waals surface area contributed by atoms with Gasteiger partial charge in [0.25, 0.3) is 0 Å². The Hall–Kier alpha value is -2.11. The van der Waals surface area contributed by atoms with Crippen LogP contribution in [-0.2, 0) is 6.18 Å². The van der Waals surface area contributed by atoms with Crippen molar-refractivity contribution in [1.29, 1.82) is 0 Å². The molecule has 0 bridgehead atoms. The number of benzene rings is 1. The molecule has 0 aliphatic heterocycles. The van der Waals surface area contributed by atoms with Crippen LogP contribution in [-0.4, -0.2) is 16.6 Å². The zero-order valence-corrected chi connectivity index (χ0v) is 15.1. The van der Waals surface area contributed by atoms with Crippen LogP contribution in [0.4, 0.5) is 13.2 Å². The van der Waals surface area contributed by atoms with Gasteiger partial charge in [0.05, 0.1) is 30.3 Å². The van der Waals surface area contributed by atoms with E-state index in [9.17, 15) is 13.2 Å². The van der Waals surface area contributed by atoms with Crippen LogP contribution in [0, 0.1) is 0 Å². The normalized spacial score (nSPS) is 11.5. The van der Waals surface area contributed by atoms with Gasteiger partial charge < -0.3 is 4.74 Å². The number of aromatic nitrogens is 2. The summed E-state index contributed by atoms with van der Waals surface area (Å²) in [5, 5.41) is 0. The average Bonchev–Trinajstić information content (AvgIpc) is 2.64. The third-order valence-corrected chi connectivity index (χ3v) is 4.13. The molecule has 0 aliphatic rings. The average molecular weight is 366 g/mol. The third kappa shape index (κ3) is 6.65. The SMILES string of the molecule is CCCCCCCCCOc1cnc(-c2ccc(C(F)(F)F)cc2)cn1. The van der Waals surface area contributed by atoms with Crippen molar-refractivity contribution in [1.82, 2.24) is 9.97 Å². The van der Waals surface area contributed by atoms with Gasteiger partial charge >= 0.3 is 6.18 Å². The lowest BCUT2D eigenvalue weighted by atomic mass is 10.1. The smallest absolute Gasteiger partial charge is 0.416 e. The molecule has 0 aliphatic carbocycles. The predicted octanol–water partition coefficient (Wildman–Crippen LogP) is 6.29. The lowest BCUT2D eigenvalue weighted by molar-refractivity contribution is -0.137. The van der Waals surface area contributed by atoms with E-state index in [4.69, 9.17) is 4.74 Å². The lowest BCUT2D eigenvalue weighted by Gasteiger charge is -2.08. The molecule has 6 heteroatoms. The van der Waals surface area contributed by atoms with Gasteiger partial charge in [0.15, 0.2) is 0 Å². The highest BCUT2D eigenvalue weighted by molar-refractivity contribution is 5.58. The minimum Gasteiger partial charge on any atom is -0.477 e. The highest BCUT2D eigenvalue weighted by Crippen LogP contribution is 2.30. The molecular formula is C20H25F3N2O. The molecule has 0 spiro atoms. The number of rotatable bonds is 10. The summed E-state index contributed by atoms with van der Waals surface area (Å²) < 4.78 is 43.3. The first-order valence-electron chi connectivity index (χ1n) is 9.13. The first-order chi connectivity index (χ1) is 12.5. The van der Waals surface area contributed by atoms with Gasteiger partial charge in [-0.15, -0.1) is 0 Å². The van der Waals surface area contributed by atoms with E-state index in [0.717, 1.165) is 25.0 Å². The quantitative estimate of drug-likeness (QED) is 0.463. The summed E-state index contributed by atoms with van der Waals surface area (Å²) in [6.45, 7) is 2.81. The van der Waals surface area contributed by atoms with Crippen LogP contribution in [0.2, 0.25) is 0 Å². The van der Waals surface area contributed by atoms with E-state index >= 15 is 0 Å². The standard InChI is InChI=1S/C20H25F3N2O/c1-2-3-4-5-6-7-8-13-26-19-15-24-18(14-25-19)16-9-11-17(12-10-16)20(21,22)23/h9-12,14-15H,2-8,13H2,1H3. The number of nitrogens with zero attached hydrogens (tertiary/aromatic N) is 2. The van der Waals surface area contributed by atoms with Crippen LogP contribution in [0.15, 0.2) is 36.7 Å². The van der Waals surface area contributed by atoms with Crippen molar-refractivity contribution in [2.45, 2.75) is 58.0 Å². The first-order valence-corrected chi connectivity index (χ1v) is 9.13. The van der Waals surface area contributed by atoms with E-state index in [1.54, 1.807) is 0 Å². The largest absolute Gasteiger partial charge is 0.477 e. The molecule has 2 rings (SSSR count). The highest BCUT2D eigenvalue weighted by Gasteiger charge is 2.29. The number of hydrogen-bond donors (Lipinski definition) is 0. The fourth-order valence-corrected chi connectivity index (χ4v) is 2.61. The molecule has 0 fully saturated rings. The van der Waals surface area contributed by atoms with Crippen molar-refractivity contribution in [3.63, 3.8) is 0 Å². The molecule has 1 aromatic carbocycles. The van der Waals surface area contributed by atoms with Gasteiger partial charge in [0.2, 0.25) is 5.88 Å². The maximum Gasteiger partial charge on any atom is 0.416 e. The van der Waals surface area contributed by atoms with E-state index in [1.807, 2.05) is 0 Å². The van der Waals surface area contributed by atoms with Crippen LogP contribution in [0.3, 0.4) is 0 Å². The second kappa shape index (κ2) is 10.1. The molecule has 1 aromatic heterocycles. The Bertz CT molecular complexity index is 640. The minimum atomic E-state index is -4.34. The van der Waals surface area contributed by atoms with Crippen molar-refractivity contribution in [3.8, 4) is 17.1 Å². The first kappa shape index (κ1) is 20.2. The number of hydrogen-bond acceptors (Lipinski definition) is 3. The molecule has 0 N–H and O–H groups in total. The summed E-state index contributed by atoms with van der Waals surface area (Å²) >= 11 is 0. The molecule has 0 radical (unpaired) electrons. The zero-order valence-electron chi connectivity index (χ0n) is 15.1. The molecule has 2 aromatic rings. The van der Waals surface area contributed by atoms with Crippen molar-refractivity contribution >= 4 is 0 Å². The zero-order chi connectivity index (χ0) is 18.8. The van der Waals surface area contributed by atoms with Gasteiger partial charge in [-0.1, -0.05) is 57.6 Å². The summed E-state index contributed by atoms with van der Waals surface area (Å²) in [7, 11) is 0. The highest BCUT2D eigenvalue weighted by atomic mass is 19.4. The van der Waals surface area contributed by atoms with Crippen LogP contribution in [0.5, 0.6) is 5.88 Å². The van der Waals surface area contributed by atoms with Crippen molar-refractivity contribution in [3.05, 3.63) is 42.2 Å². The Kier molecular flexibility index (Phi) is 7.88. The lowest BCUT2D eigenvalue weighted by Crippen LogP contribution is -2.04. The molecule has 0 atom stereocenters. The molecule has 1 heterocycles. The van der Waals surface area contributed by atoms with Crippen LogP contribution in [0.25, 0.3) is 11.3 Å². The molecule has 0 amide bonds. The van der Waals surface area contributed by atoms with Gasteiger partial charge in [0, 0.05) is 5.56 Å². The Morgan fingerprint density at radius 2 is 1.50 bits per heavy atom. The van der Waals surface area contributed by atoms with E-state index in [1.165, 1.54) is 56.6 Å². The van der Waals surface area contributed by atoms with Crippen molar-refractivity contribution in [2.75, 3.05) is 6.61 Å². The molecule has 0 saturated carbocycles. The number of ether oxygens (including phenoxy) is 1. The topological polar surface area (TPSA) is 35.0 Å². The fraction of sp³-hybridized carbons (Fsp3) is 0.500. The van der Waals surface area contributed by atoms with E-state index < -0.39 is 11.7 Å². The molecule has 0 saturated heterocycles. The van der Waals surface area contributed by atoms with Crippen LogP contribution in [0.1, 0.15) is 57.4 Å². The molecule has 0 unspecified atom stereocenters. The minimum absolute atomic E-state index is 0.437. The predicted molar refractivity (Wildman–Crippen MR) is 96.0 cm³/mol. The monoisotopic (exact) mass is 366 g/mol. The summed E-state index contributed by atoms with van der Waals surface area (Å²) in [4.78, 5) is 8.40. The van der Waals surface area contributed by atoms with Crippen LogP contribution >= 0.6 is 0 Å². The molecule has 142 valence electrons. The molecule has 3 nitrogen and oxygen atoms in total. The number of halogens is 3.